The first-order valence-corrected chi connectivity index (χ1v) is 7.19. The standard InChI is InChI=1S/C12H14BrClN2O3/c1-8(14)11(17)15-4-6-16(7-5-15)12(18)9-2-3-10(13)19-9/h2-3,8H,4-7H2,1H3. The third-order valence-corrected chi connectivity index (χ3v) is 3.62. The van der Waals surface area contributed by atoms with Crippen molar-refractivity contribution in [3.05, 3.63) is 22.6 Å². The van der Waals surface area contributed by atoms with Crippen molar-refractivity contribution in [1.82, 2.24) is 9.80 Å². The molecule has 0 radical (unpaired) electrons. The molecule has 2 amide bonds. The van der Waals surface area contributed by atoms with Gasteiger partial charge in [0.1, 0.15) is 5.38 Å². The van der Waals surface area contributed by atoms with Crippen molar-refractivity contribution < 1.29 is 14.0 Å². The third-order valence-electron chi connectivity index (χ3n) is 3.00. The number of carbonyl (C=O) groups is 2. The highest BCUT2D eigenvalue weighted by Crippen LogP contribution is 2.17. The van der Waals surface area contributed by atoms with Crippen LogP contribution in [-0.2, 0) is 4.79 Å². The molecule has 104 valence electrons. The maximum atomic E-state index is 12.1. The summed E-state index contributed by atoms with van der Waals surface area (Å²) in [6.07, 6.45) is 0. The summed E-state index contributed by atoms with van der Waals surface area (Å²) in [4.78, 5) is 27.2. The largest absolute Gasteiger partial charge is 0.444 e. The average Bonchev–Trinajstić information content (AvgIpc) is 2.84. The van der Waals surface area contributed by atoms with Gasteiger partial charge in [-0.05, 0) is 35.0 Å². The summed E-state index contributed by atoms with van der Waals surface area (Å²) in [5.41, 5.74) is 0. The summed E-state index contributed by atoms with van der Waals surface area (Å²) in [7, 11) is 0. The Kier molecular flexibility index (Phi) is 4.52. The molecule has 1 aliphatic rings. The third kappa shape index (κ3) is 3.30. The lowest BCUT2D eigenvalue weighted by atomic mass is 10.2. The number of hydrogen-bond donors (Lipinski definition) is 0. The van der Waals surface area contributed by atoms with Crippen molar-refractivity contribution in [3.63, 3.8) is 0 Å². The molecular formula is C12H14BrClN2O3. The van der Waals surface area contributed by atoms with Crippen LogP contribution in [0.1, 0.15) is 17.5 Å². The zero-order valence-electron chi connectivity index (χ0n) is 10.4. The van der Waals surface area contributed by atoms with E-state index in [1.807, 2.05) is 0 Å². The number of furan rings is 1. The summed E-state index contributed by atoms with van der Waals surface area (Å²) in [6, 6.07) is 3.31. The fourth-order valence-electron chi connectivity index (χ4n) is 1.97. The van der Waals surface area contributed by atoms with Gasteiger partial charge >= 0.3 is 0 Å². The minimum Gasteiger partial charge on any atom is -0.444 e. The number of piperazine rings is 1. The van der Waals surface area contributed by atoms with E-state index >= 15 is 0 Å². The van der Waals surface area contributed by atoms with Gasteiger partial charge in [0, 0.05) is 26.2 Å². The molecule has 5 nitrogen and oxygen atoms in total. The molecule has 0 spiro atoms. The number of rotatable bonds is 2. The summed E-state index contributed by atoms with van der Waals surface area (Å²) >= 11 is 8.93. The Morgan fingerprint density at radius 1 is 1.26 bits per heavy atom. The number of carbonyl (C=O) groups excluding carboxylic acids is 2. The van der Waals surface area contributed by atoms with Crippen LogP contribution in [0.15, 0.2) is 21.2 Å². The molecule has 2 heterocycles. The maximum Gasteiger partial charge on any atom is 0.289 e. The zero-order chi connectivity index (χ0) is 14.0. The highest BCUT2D eigenvalue weighted by atomic mass is 79.9. The van der Waals surface area contributed by atoms with Crippen LogP contribution in [0.3, 0.4) is 0 Å². The highest BCUT2D eigenvalue weighted by Gasteiger charge is 2.27. The van der Waals surface area contributed by atoms with Gasteiger partial charge in [-0.1, -0.05) is 0 Å². The number of nitrogens with zero attached hydrogens (tertiary/aromatic N) is 2. The molecule has 1 aromatic heterocycles. The molecule has 1 fully saturated rings. The minimum atomic E-state index is -0.525. The molecule has 0 N–H and O–H groups in total. The second-order valence-corrected chi connectivity index (χ2v) is 5.77. The van der Waals surface area contributed by atoms with Crippen LogP contribution in [-0.4, -0.2) is 53.2 Å². The van der Waals surface area contributed by atoms with Gasteiger partial charge in [-0.3, -0.25) is 9.59 Å². The first-order chi connectivity index (χ1) is 8.99. The van der Waals surface area contributed by atoms with Crippen molar-refractivity contribution in [1.29, 1.82) is 0 Å². The Hall–Kier alpha value is -1.01. The summed E-state index contributed by atoms with van der Waals surface area (Å²) in [5, 5.41) is -0.525. The lowest BCUT2D eigenvalue weighted by molar-refractivity contribution is -0.131. The Labute approximate surface area is 124 Å². The van der Waals surface area contributed by atoms with E-state index in [-0.39, 0.29) is 11.8 Å². The van der Waals surface area contributed by atoms with E-state index < -0.39 is 5.38 Å². The molecular weight excluding hydrogens is 336 g/mol. The lowest BCUT2D eigenvalue weighted by Crippen LogP contribution is -2.51. The quantitative estimate of drug-likeness (QED) is 0.767. The minimum absolute atomic E-state index is 0.0884. The van der Waals surface area contributed by atoms with Crippen LogP contribution in [0, 0.1) is 0 Å². The van der Waals surface area contributed by atoms with Crippen LogP contribution in [0.4, 0.5) is 0 Å². The second kappa shape index (κ2) is 5.96. The monoisotopic (exact) mass is 348 g/mol. The molecule has 1 saturated heterocycles. The van der Waals surface area contributed by atoms with Crippen molar-refractivity contribution in [2.45, 2.75) is 12.3 Å². The fourth-order valence-corrected chi connectivity index (χ4v) is 2.41. The Morgan fingerprint density at radius 2 is 1.84 bits per heavy atom. The normalized spacial score (nSPS) is 17.4. The van der Waals surface area contributed by atoms with Gasteiger partial charge in [0.05, 0.1) is 0 Å². The van der Waals surface area contributed by atoms with Gasteiger partial charge in [-0.25, -0.2) is 0 Å². The Balaban J connectivity index is 1.93. The van der Waals surface area contributed by atoms with Crippen LogP contribution < -0.4 is 0 Å². The van der Waals surface area contributed by atoms with E-state index in [1.54, 1.807) is 28.9 Å². The predicted molar refractivity (Wildman–Crippen MR) is 74.2 cm³/mol. The average molecular weight is 350 g/mol. The summed E-state index contributed by atoms with van der Waals surface area (Å²) in [6.45, 7) is 3.65. The van der Waals surface area contributed by atoms with Crippen molar-refractivity contribution >= 4 is 39.3 Å². The van der Waals surface area contributed by atoms with Crippen LogP contribution in [0.2, 0.25) is 0 Å². The summed E-state index contributed by atoms with van der Waals surface area (Å²) < 4.78 is 5.76. The van der Waals surface area contributed by atoms with Crippen LogP contribution >= 0.6 is 27.5 Å². The molecule has 19 heavy (non-hydrogen) atoms. The highest BCUT2D eigenvalue weighted by molar-refractivity contribution is 9.10. The molecule has 1 unspecified atom stereocenters. The van der Waals surface area contributed by atoms with Gasteiger partial charge in [-0.15, -0.1) is 11.6 Å². The lowest BCUT2D eigenvalue weighted by Gasteiger charge is -2.34. The molecule has 0 bridgehead atoms. The molecule has 0 aliphatic carbocycles. The molecule has 0 saturated carbocycles. The van der Waals surface area contributed by atoms with Gasteiger partial charge < -0.3 is 14.2 Å². The van der Waals surface area contributed by atoms with Gasteiger partial charge in [0.25, 0.3) is 5.91 Å². The topological polar surface area (TPSA) is 53.8 Å². The van der Waals surface area contributed by atoms with Crippen molar-refractivity contribution in [3.8, 4) is 0 Å². The van der Waals surface area contributed by atoms with Gasteiger partial charge in [0.2, 0.25) is 5.91 Å². The molecule has 2 rings (SSSR count). The molecule has 7 heteroatoms. The molecule has 1 aromatic rings. The van der Waals surface area contributed by atoms with E-state index in [4.69, 9.17) is 16.0 Å². The molecule has 1 aliphatic heterocycles. The van der Waals surface area contributed by atoms with Crippen LogP contribution in [0.5, 0.6) is 0 Å². The van der Waals surface area contributed by atoms with Crippen molar-refractivity contribution in [2.24, 2.45) is 0 Å². The first kappa shape index (κ1) is 14.4. The molecule has 0 aromatic carbocycles. The van der Waals surface area contributed by atoms with E-state index in [0.29, 0.717) is 36.6 Å². The smallest absolute Gasteiger partial charge is 0.289 e. The van der Waals surface area contributed by atoms with E-state index in [9.17, 15) is 9.59 Å². The van der Waals surface area contributed by atoms with Gasteiger partial charge in [-0.2, -0.15) is 0 Å². The number of halogens is 2. The Morgan fingerprint density at radius 3 is 2.32 bits per heavy atom. The number of hydrogen-bond acceptors (Lipinski definition) is 3. The van der Waals surface area contributed by atoms with Crippen LogP contribution in [0.25, 0.3) is 0 Å². The predicted octanol–water partition coefficient (Wildman–Crippen LogP) is 1.95. The number of alkyl halides is 1. The molecule has 1 atom stereocenters. The number of amides is 2. The van der Waals surface area contributed by atoms with Crippen molar-refractivity contribution in [2.75, 3.05) is 26.2 Å². The first-order valence-electron chi connectivity index (χ1n) is 5.96. The fraction of sp³-hybridized carbons (Fsp3) is 0.500. The summed E-state index contributed by atoms with van der Waals surface area (Å²) in [5.74, 6) is 0.0589. The SMILES string of the molecule is CC(Cl)C(=O)N1CCN(C(=O)c2ccc(Br)o2)CC1. The zero-order valence-corrected chi connectivity index (χ0v) is 12.8. The van der Waals surface area contributed by atoms with E-state index in [1.165, 1.54) is 0 Å². The second-order valence-electron chi connectivity index (χ2n) is 4.34. The van der Waals surface area contributed by atoms with E-state index in [0.717, 1.165) is 0 Å². The van der Waals surface area contributed by atoms with Gasteiger partial charge in [0.15, 0.2) is 10.4 Å². The maximum absolute atomic E-state index is 12.1. The van der Waals surface area contributed by atoms with E-state index in [2.05, 4.69) is 15.9 Å². The Bertz CT molecular complexity index is 481.